The zero-order valence-electron chi connectivity index (χ0n) is 26.1. The summed E-state index contributed by atoms with van der Waals surface area (Å²) < 4.78 is 11.9. The molecule has 0 N–H and O–H groups in total. The van der Waals surface area contributed by atoms with Crippen molar-refractivity contribution in [1.82, 2.24) is 14.7 Å². The van der Waals surface area contributed by atoms with E-state index in [0.717, 1.165) is 68.6 Å². The number of carbonyl (C=O) groups is 2. The number of benzene rings is 3. The second-order valence-electron chi connectivity index (χ2n) is 12.6. The molecule has 3 aromatic carbocycles. The van der Waals surface area contributed by atoms with Gasteiger partial charge in [-0.1, -0.05) is 64.5 Å². The zero-order valence-corrected chi connectivity index (χ0v) is 28.5. The van der Waals surface area contributed by atoms with Crippen LogP contribution in [0, 0.1) is 11.3 Å². The SMILES string of the molecule is COc1ccc(CC(=O)N2C[C@H](CN3CCC4(CC3)CCN(Cc3ccc(Br)cc3)C4=O)[C@@H](c3ccccc3)C2)cc1OC.Cl. The van der Waals surface area contributed by atoms with Gasteiger partial charge in [0.15, 0.2) is 11.5 Å². The maximum absolute atomic E-state index is 13.6. The summed E-state index contributed by atoms with van der Waals surface area (Å²) in [5.74, 6) is 2.40. The fourth-order valence-corrected chi connectivity index (χ4v) is 7.69. The molecule has 0 bridgehead atoms. The first-order valence-electron chi connectivity index (χ1n) is 15.7. The van der Waals surface area contributed by atoms with Gasteiger partial charge in [0.05, 0.1) is 26.1 Å². The Morgan fingerprint density at radius 1 is 0.867 bits per heavy atom. The van der Waals surface area contributed by atoms with Crippen LogP contribution >= 0.6 is 28.3 Å². The number of hydrogen-bond acceptors (Lipinski definition) is 5. The number of hydrogen-bond donors (Lipinski definition) is 0. The molecule has 1 spiro atoms. The van der Waals surface area contributed by atoms with Gasteiger partial charge >= 0.3 is 0 Å². The van der Waals surface area contributed by atoms with E-state index in [9.17, 15) is 9.59 Å². The van der Waals surface area contributed by atoms with Crippen molar-refractivity contribution in [2.24, 2.45) is 11.3 Å². The fraction of sp³-hybridized carbons (Fsp3) is 0.444. The highest BCUT2D eigenvalue weighted by atomic mass is 79.9. The lowest BCUT2D eigenvalue weighted by atomic mass is 9.76. The molecule has 2 amide bonds. The quantitative estimate of drug-likeness (QED) is 0.267. The van der Waals surface area contributed by atoms with Crippen molar-refractivity contribution in [3.63, 3.8) is 0 Å². The van der Waals surface area contributed by atoms with E-state index in [4.69, 9.17) is 9.47 Å². The van der Waals surface area contributed by atoms with E-state index in [2.05, 4.69) is 68.2 Å². The number of ether oxygens (including phenoxy) is 2. The zero-order chi connectivity index (χ0) is 30.7. The third-order valence-electron chi connectivity index (χ3n) is 10.0. The monoisotopic (exact) mass is 695 g/mol. The van der Waals surface area contributed by atoms with Crippen LogP contribution < -0.4 is 9.47 Å². The second kappa shape index (κ2) is 14.6. The molecule has 0 aliphatic carbocycles. The number of piperidine rings is 1. The Morgan fingerprint density at radius 3 is 2.22 bits per heavy atom. The molecule has 3 fully saturated rings. The van der Waals surface area contributed by atoms with Gasteiger partial charge in [0, 0.05) is 43.1 Å². The van der Waals surface area contributed by atoms with Crippen molar-refractivity contribution in [3.05, 3.63) is 94.0 Å². The maximum atomic E-state index is 13.6. The van der Waals surface area contributed by atoms with E-state index in [-0.39, 0.29) is 29.6 Å². The normalized spacial score (nSPS) is 21.2. The molecule has 3 aliphatic heterocycles. The number of amides is 2. The molecule has 9 heteroatoms. The Balaban J connectivity index is 0.00000400. The standard InChI is InChI=1S/C36H42BrN3O4.ClH/c1-43-32-13-10-27(20-33(32)44-2)21-34(41)40-24-29(31(25-40)28-6-4-3-5-7-28)23-38-17-14-36(15-18-38)16-19-39(35(36)42)22-26-8-11-30(37)12-9-26;/h3-13,20,29,31H,14-19,21-25H2,1-2H3;1H/t29-,31+;/m0./s1. The van der Waals surface area contributed by atoms with Gasteiger partial charge in [-0.15, -0.1) is 12.4 Å². The van der Waals surface area contributed by atoms with E-state index < -0.39 is 0 Å². The lowest BCUT2D eigenvalue weighted by molar-refractivity contribution is -0.139. The molecule has 0 saturated carbocycles. The number of likely N-dealkylation sites (tertiary alicyclic amines) is 3. The maximum Gasteiger partial charge on any atom is 0.229 e. The van der Waals surface area contributed by atoms with Gasteiger partial charge in [0.1, 0.15) is 0 Å². The van der Waals surface area contributed by atoms with Crippen LogP contribution in [0.25, 0.3) is 0 Å². The third kappa shape index (κ3) is 7.34. The molecule has 3 heterocycles. The van der Waals surface area contributed by atoms with Gasteiger partial charge in [0.25, 0.3) is 0 Å². The van der Waals surface area contributed by atoms with Gasteiger partial charge in [-0.2, -0.15) is 0 Å². The second-order valence-corrected chi connectivity index (χ2v) is 13.5. The van der Waals surface area contributed by atoms with Crippen molar-refractivity contribution in [1.29, 1.82) is 0 Å². The minimum atomic E-state index is -0.220. The van der Waals surface area contributed by atoms with Crippen LogP contribution in [-0.4, -0.2) is 80.0 Å². The van der Waals surface area contributed by atoms with Crippen LogP contribution in [0.3, 0.4) is 0 Å². The lowest BCUT2D eigenvalue weighted by Gasteiger charge is -2.39. The first kappa shape index (κ1) is 33.3. The number of carbonyl (C=O) groups excluding carboxylic acids is 2. The Labute approximate surface area is 281 Å². The largest absolute Gasteiger partial charge is 0.493 e. The minimum absolute atomic E-state index is 0. The van der Waals surface area contributed by atoms with Gasteiger partial charge in [-0.05, 0) is 79.2 Å². The average Bonchev–Trinajstić information content (AvgIpc) is 3.61. The first-order valence-corrected chi connectivity index (χ1v) is 16.5. The van der Waals surface area contributed by atoms with Crippen LogP contribution in [0.1, 0.15) is 41.9 Å². The molecule has 3 aromatic rings. The number of halogens is 2. The summed E-state index contributed by atoms with van der Waals surface area (Å²) in [7, 11) is 3.23. The van der Waals surface area contributed by atoms with Gasteiger partial charge in [-0.25, -0.2) is 0 Å². The molecule has 7 nitrogen and oxygen atoms in total. The predicted molar refractivity (Wildman–Crippen MR) is 182 cm³/mol. The van der Waals surface area contributed by atoms with Crippen molar-refractivity contribution in [2.45, 2.75) is 38.1 Å². The molecule has 0 unspecified atom stereocenters. The van der Waals surface area contributed by atoms with E-state index >= 15 is 0 Å². The molecule has 3 aliphatic rings. The van der Waals surface area contributed by atoms with Crippen molar-refractivity contribution in [3.8, 4) is 11.5 Å². The Morgan fingerprint density at radius 2 is 1.53 bits per heavy atom. The fourth-order valence-electron chi connectivity index (χ4n) is 7.43. The van der Waals surface area contributed by atoms with E-state index in [1.165, 1.54) is 11.1 Å². The molecular formula is C36H43BrClN3O4. The van der Waals surface area contributed by atoms with Crippen LogP contribution in [-0.2, 0) is 22.6 Å². The molecule has 0 aromatic heterocycles. The summed E-state index contributed by atoms with van der Waals surface area (Å²) >= 11 is 3.50. The third-order valence-corrected chi connectivity index (χ3v) is 10.5. The highest BCUT2D eigenvalue weighted by molar-refractivity contribution is 9.10. The Bertz CT molecular complexity index is 1460. The van der Waals surface area contributed by atoms with E-state index in [1.807, 2.05) is 35.2 Å². The Kier molecular flexibility index (Phi) is 10.8. The van der Waals surface area contributed by atoms with Crippen molar-refractivity contribution in [2.75, 3.05) is 53.5 Å². The summed E-state index contributed by atoms with van der Waals surface area (Å²) in [5, 5.41) is 0. The topological polar surface area (TPSA) is 62.3 Å². The Hall–Kier alpha value is -3.07. The van der Waals surface area contributed by atoms with Crippen LogP contribution in [0.5, 0.6) is 11.5 Å². The van der Waals surface area contributed by atoms with E-state index in [0.29, 0.717) is 36.3 Å². The first-order chi connectivity index (χ1) is 21.4. The summed E-state index contributed by atoms with van der Waals surface area (Å²) in [6, 6.07) is 24.6. The van der Waals surface area contributed by atoms with Crippen LogP contribution in [0.2, 0.25) is 0 Å². The van der Waals surface area contributed by atoms with Crippen molar-refractivity contribution < 1.29 is 19.1 Å². The van der Waals surface area contributed by atoms with Gasteiger partial charge < -0.3 is 24.2 Å². The number of rotatable bonds is 9. The molecule has 6 rings (SSSR count). The summed E-state index contributed by atoms with van der Waals surface area (Å²) in [4.78, 5) is 33.8. The highest BCUT2D eigenvalue weighted by Crippen LogP contribution is 2.43. The minimum Gasteiger partial charge on any atom is -0.493 e. The number of methoxy groups -OCH3 is 2. The lowest BCUT2D eigenvalue weighted by Crippen LogP contribution is -2.46. The smallest absolute Gasteiger partial charge is 0.229 e. The summed E-state index contributed by atoms with van der Waals surface area (Å²) in [6.45, 7) is 5.78. The molecule has 0 radical (unpaired) electrons. The molecule has 240 valence electrons. The predicted octanol–water partition coefficient (Wildman–Crippen LogP) is 6.19. The van der Waals surface area contributed by atoms with Crippen molar-refractivity contribution >= 4 is 40.2 Å². The summed E-state index contributed by atoms with van der Waals surface area (Å²) in [5.41, 5.74) is 3.17. The van der Waals surface area contributed by atoms with Crippen LogP contribution in [0.15, 0.2) is 77.3 Å². The van der Waals surface area contributed by atoms with Gasteiger partial charge in [0.2, 0.25) is 11.8 Å². The average molecular weight is 697 g/mol. The van der Waals surface area contributed by atoms with Gasteiger partial charge in [-0.3, -0.25) is 9.59 Å². The molecule has 2 atom stereocenters. The highest BCUT2D eigenvalue weighted by Gasteiger charge is 2.48. The summed E-state index contributed by atoms with van der Waals surface area (Å²) in [6.07, 6.45) is 3.10. The number of nitrogens with zero attached hydrogens (tertiary/aromatic N) is 3. The molecule has 3 saturated heterocycles. The molecule has 45 heavy (non-hydrogen) atoms. The van der Waals surface area contributed by atoms with E-state index in [1.54, 1.807) is 14.2 Å². The molecular weight excluding hydrogens is 654 g/mol. The van der Waals surface area contributed by atoms with Crippen LogP contribution in [0.4, 0.5) is 0 Å².